The fourth-order valence-corrected chi connectivity index (χ4v) is 13.4. The average molecular weight is 1260 g/mol. The molecule has 84 heavy (non-hydrogen) atoms. The van der Waals surface area contributed by atoms with Crippen molar-refractivity contribution >= 4 is 77.2 Å². The average Bonchev–Trinajstić information content (AvgIpc) is 2.63. The molecule has 0 fully saturated rings. The van der Waals surface area contributed by atoms with Gasteiger partial charge in [-0.2, -0.15) is 4.57 Å². The van der Waals surface area contributed by atoms with Gasteiger partial charge in [-0.15, -0.1) is 11.8 Å². The predicted octanol–water partition coefficient (Wildman–Crippen LogP) is 11.8. The summed E-state index contributed by atoms with van der Waals surface area (Å²) in [5.41, 5.74) is 18.6. The molecule has 0 saturated heterocycles. The van der Waals surface area contributed by atoms with Crippen molar-refractivity contribution in [1.29, 1.82) is 0 Å². The molecule has 0 bridgehead atoms. The number of rotatable bonds is 16. The van der Waals surface area contributed by atoms with Crippen LogP contribution in [0.2, 0.25) is 0 Å². The van der Waals surface area contributed by atoms with Gasteiger partial charge in [0.1, 0.15) is 0 Å². The van der Waals surface area contributed by atoms with Gasteiger partial charge >= 0.3 is 29.6 Å². The quantitative estimate of drug-likeness (QED) is 0.0541. The van der Waals surface area contributed by atoms with E-state index in [2.05, 4.69) is 314 Å². The maximum Gasteiger partial charge on any atom is 1.00 e. The van der Waals surface area contributed by atoms with Crippen LogP contribution in [0.5, 0.6) is 0 Å². The predicted molar refractivity (Wildman–Crippen MR) is 355 cm³/mol. The summed E-state index contributed by atoms with van der Waals surface area (Å²) in [6, 6.07) is 76.9. The van der Waals surface area contributed by atoms with Crippen LogP contribution in [0.1, 0.15) is 62.5 Å². The number of nitrogens with zero attached hydrogens (tertiary/aromatic N) is 5. The number of fused-ring (bicyclic) bond motifs is 4. The Morgan fingerprint density at radius 1 is 0.595 bits per heavy atom. The van der Waals surface area contributed by atoms with Gasteiger partial charge < -0.3 is 35.2 Å². The second-order valence-electron chi connectivity index (χ2n) is 20.7. The maximum atomic E-state index is 2.45. The van der Waals surface area contributed by atoms with Crippen LogP contribution in [-0.4, -0.2) is 56.7 Å². The van der Waals surface area contributed by atoms with Crippen molar-refractivity contribution in [1.82, 2.24) is 9.80 Å². The fraction of sp³-hybridized carbons (Fsp3) is 0.176. The smallest absolute Gasteiger partial charge is 1.00 e. The molecule has 0 aliphatic carbocycles. The Balaban J connectivity index is 0.000000233. The summed E-state index contributed by atoms with van der Waals surface area (Å²) in [6.45, 7) is 15.1. The number of pyridine rings is 1. The SMILES string of the molecule is CCN(CC)Cc1ccc(-c2cc(C=CC=C3Sc4ccccc4N3C)c3ccccc3[n+]2-c2ccccc2)cc1.CCN(CC)Cc1ccc(C2=C/C(=C/C=C/C3Cc4ccccc4S3)c3ccccc3N2c2ccccc2)cc1.[B].[H-].[I-].[Na+]. The monoisotopic (exact) mass is 1260 g/mol. The van der Waals surface area contributed by atoms with Gasteiger partial charge in [0.2, 0.25) is 16.9 Å². The molecule has 5 nitrogen and oxygen atoms in total. The van der Waals surface area contributed by atoms with E-state index in [1.807, 2.05) is 23.5 Å². The number of halogens is 1. The van der Waals surface area contributed by atoms with Crippen molar-refractivity contribution in [2.45, 2.75) is 62.2 Å². The van der Waals surface area contributed by atoms with Crippen LogP contribution in [-0.2, 0) is 19.5 Å². The summed E-state index contributed by atoms with van der Waals surface area (Å²) in [4.78, 5) is 12.3. The Hall–Kier alpha value is -6.12. The topological polar surface area (TPSA) is 16.8 Å². The Kier molecular flexibility index (Phi) is 23.4. The van der Waals surface area contributed by atoms with Gasteiger partial charge in [0.05, 0.1) is 27.5 Å². The van der Waals surface area contributed by atoms with Crippen LogP contribution in [0, 0.1) is 0 Å². The molecule has 3 aliphatic heterocycles. The number of hydrogen-bond acceptors (Lipinski definition) is 6. The molecule has 1 aromatic heterocycles. The fourth-order valence-electron chi connectivity index (χ4n) is 11.1. The van der Waals surface area contributed by atoms with Gasteiger partial charge in [0.15, 0.2) is 0 Å². The van der Waals surface area contributed by atoms with E-state index in [9.17, 15) is 0 Å². The molecule has 3 aliphatic rings. The minimum atomic E-state index is 0. The Morgan fingerprint density at radius 2 is 1.17 bits per heavy atom. The number of anilines is 3. The first-order valence-electron chi connectivity index (χ1n) is 28.7. The van der Waals surface area contributed by atoms with E-state index in [-0.39, 0.29) is 63.4 Å². The van der Waals surface area contributed by atoms with E-state index < -0.39 is 0 Å². The number of thioether (sulfide) groups is 2. The van der Waals surface area contributed by atoms with E-state index in [1.54, 1.807) is 0 Å². The van der Waals surface area contributed by atoms with E-state index >= 15 is 0 Å². The van der Waals surface area contributed by atoms with E-state index in [1.165, 1.54) is 98.7 Å². The van der Waals surface area contributed by atoms with Crippen molar-refractivity contribution < 1.29 is 59.5 Å². The molecule has 3 radical (unpaired) electrons. The first kappa shape index (κ1) is 63.9. The summed E-state index contributed by atoms with van der Waals surface area (Å²) in [6.07, 6.45) is 17.0. The summed E-state index contributed by atoms with van der Waals surface area (Å²) in [7, 11) is 2.14. The van der Waals surface area contributed by atoms with Crippen molar-refractivity contribution in [2.24, 2.45) is 0 Å². The van der Waals surface area contributed by atoms with Crippen LogP contribution in [0.15, 0.2) is 264 Å². The van der Waals surface area contributed by atoms with E-state index in [0.29, 0.717) is 5.25 Å². The van der Waals surface area contributed by atoms with Gasteiger partial charge in [-0.3, -0.25) is 9.80 Å². The first-order valence-corrected chi connectivity index (χ1v) is 30.4. The third-order valence-corrected chi connectivity index (χ3v) is 18.1. The molecule has 0 amide bonds. The first-order chi connectivity index (χ1) is 39.9. The zero-order valence-electron chi connectivity index (χ0n) is 50.3. The van der Waals surface area contributed by atoms with Gasteiger partial charge in [-0.1, -0.05) is 203 Å². The number of allylic oxidation sites excluding steroid dienone is 6. The van der Waals surface area contributed by atoms with Gasteiger partial charge in [0, 0.05) is 84.7 Å². The molecular weight excluding hydrogens is 1180 g/mol. The summed E-state index contributed by atoms with van der Waals surface area (Å²) in [5, 5.41) is 2.94. The molecule has 0 N–H and O–H groups in total. The number of aromatic nitrogens is 1. The second kappa shape index (κ2) is 30.8. The van der Waals surface area contributed by atoms with Crippen LogP contribution < -0.4 is 67.9 Å². The molecule has 12 rings (SSSR count). The Bertz CT molecular complexity index is 3770. The molecule has 4 heterocycles. The minimum Gasteiger partial charge on any atom is -1.00 e. The summed E-state index contributed by atoms with van der Waals surface area (Å²) < 4.78 is 2.39. The minimum absolute atomic E-state index is 0. The van der Waals surface area contributed by atoms with E-state index in [0.717, 1.165) is 51.4 Å². The molecular formula is C74H73BIN5NaS2. The van der Waals surface area contributed by atoms with Gasteiger partial charge in [-0.25, -0.2) is 0 Å². The Morgan fingerprint density at radius 3 is 1.82 bits per heavy atom. The third-order valence-electron chi connectivity index (χ3n) is 15.7. The number of hydrogen-bond donors (Lipinski definition) is 0. The molecule has 9 aromatic rings. The van der Waals surface area contributed by atoms with Crippen molar-refractivity contribution in [3.05, 3.63) is 287 Å². The largest absolute Gasteiger partial charge is 1.00 e. The molecule has 1 unspecified atom stereocenters. The zero-order valence-corrected chi connectivity index (χ0v) is 55.1. The zero-order chi connectivity index (χ0) is 55.5. The maximum absolute atomic E-state index is 2.45. The number of benzene rings is 8. The van der Waals surface area contributed by atoms with E-state index in [4.69, 9.17) is 0 Å². The Labute approximate surface area is 551 Å². The van der Waals surface area contributed by atoms with Crippen molar-refractivity contribution in [2.75, 3.05) is 43.0 Å². The van der Waals surface area contributed by atoms with Crippen LogP contribution >= 0.6 is 23.5 Å². The molecule has 1 atom stereocenters. The van der Waals surface area contributed by atoms with Crippen molar-refractivity contribution in [3.63, 3.8) is 0 Å². The van der Waals surface area contributed by atoms with Crippen LogP contribution in [0.25, 0.3) is 45.2 Å². The summed E-state index contributed by atoms with van der Waals surface area (Å²) >= 11 is 3.79. The van der Waals surface area contributed by atoms with Gasteiger partial charge in [-0.05, 0) is 133 Å². The van der Waals surface area contributed by atoms with Crippen LogP contribution in [0.4, 0.5) is 17.1 Å². The molecule has 417 valence electrons. The number of para-hydroxylation sites is 5. The van der Waals surface area contributed by atoms with Crippen LogP contribution in [0.3, 0.4) is 0 Å². The molecule has 0 saturated carbocycles. The standard InChI is InChI=1S/C37H36N3S.C37H36N2S.B.HI.Na.H/c1-4-39(5-2)27-28-22-24-29(25-23-28)35-26-30(14-13-21-37-38(3)34-19-11-12-20-36(34)41-37)32-17-9-10-18-33(32)40(35)31-15-7-6-8-16-31;1-3-38(4-2)27-28-21-23-29(24-22-28)36-26-30(14-12-17-33-25-31-13-8-11-20-37(31)40-33)34-18-9-10-19-35(34)39(36)32-15-6-5-7-16-32;;;;/h6-26H,4-5,27H2,1-3H3;5-24,26,33H,3-4,25,27H2,1-2H3;;1H;;/q+1;;;;+1;-1/p-1/b;17-12+,30-14-;;;;. The van der Waals surface area contributed by atoms with Gasteiger partial charge in [0.25, 0.3) is 0 Å². The van der Waals surface area contributed by atoms with Crippen molar-refractivity contribution in [3.8, 4) is 16.9 Å². The molecule has 10 heteroatoms. The summed E-state index contributed by atoms with van der Waals surface area (Å²) in [5.74, 6) is 0. The third kappa shape index (κ3) is 14.7. The second-order valence-corrected chi connectivity index (χ2v) is 23.0. The molecule has 0 spiro atoms. The normalized spacial score (nSPS) is 15.1. The molecule has 8 aromatic carbocycles.